The molecule has 0 saturated heterocycles. The molecule has 1 N–H and O–H groups in total. The number of amides is 2. The van der Waals surface area contributed by atoms with E-state index in [4.69, 9.17) is 27.9 Å². The number of rotatable bonds is 7. The standard InChI is InChI=1S/C30H31Cl2FN2O3/c1-30(2,3)18-35-25-12-11-22(32)14-23(25)28(20-9-6-7-19(13-20)16-31)38-26(29(35)37)15-27(36)34-17-21-8-4-5-10-24(21)33/h4-14,26,28H,15-18H2,1-3H3,(H,34,36). The fraction of sp³-hybridized carbons (Fsp3) is 0.333. The first-order valence-electron chi connectivity index (χ1n) is 12.5. The number of anilines is 1. The summed E-state index contributed by atoms with van der Waals surface area (Å²) < 4.78 is 20.5. The molecule has 0 saturated carbocycles. The molecule has 0 aromatic heterocycles. The summed E-state index contributed by atoms with van der Waals surface area (Å²) in [5, 5.41) is 3.24. The zero-order valence-corrected chi connectivity index (χ0v) is 23.2. The molecule has 2 atom stereocenters. The predicted octanol–water partition coefficient (Wildman–Crippen LogP) is 6.79. The van der Waals surface area contributed by atoms with Crippen LogP contribution in [0.15, 0.2) is 66.7 Å². The quantitative estimate of drug-likeness (QED) is 0.326. The fourth-order valence-corrected chi connectivity index (χ4v) is 4.86. The molecular formula is C30H31Cl2FN2O3. The monoisotopic (exact) mass is 556 g/mol. The highest BCUT2D eigenvalue weighted by Gasteiger charge is 2.39. The highest BCUT2D eigenvalue weighted by molar-refractivity contribution is 6.30. The SMILES string of the molecule is CC(C)(C)CN1C(=O)C(CC(=O)NCc2ccccc2F)OC(c2cccc(CCl)c2)c2cc(Cl)ccc21. The van der Waals surface area contributed by atoms with Gasteiger partial charge < -0.3 is 15.0 Å². The van der Waals surface area contributed by atoms with Crippen molar-refractivity contribution in [1.29, 1.82) is 0 Å². The van der Waals surface area contributed by atoms with Gasteiger partial charge in [-0.1, -0.05) is 74.8 Å². The molecule has 2 amide bonds. The number of alkyl halides is 1. The van der Waals surface area contributed by atoms with Gasteiger partial charge in [0.25, 0.3) is 5.91 Å². The van der Waals surface area contributed by atoms with E-state index in [1.54, 1.807) is 35.2 Å². The van der Waals surface area contributed by atoms with Crippen molar-refractivity contribution in [1.82, 2.24) is 5.32 Å². The lowest BCUT2D eigenvalue weighted by molar-refractivity contribution is -0.138. The Morgan fingerprint density at radius 3 is 2.55 bits per heavy atom. The zero-order chi connectivity index (χ0) is 27.4. The van der Waals surface area contributed by atoms with Crippen LogP contribution in [0.1, 0.15) is 55.5 Å². The Morgan fingerprint density at radius 2 is 1.84 bits per heavy atom. The van der Waals surface area contributed by atoms with Gasteiger partial charge in [-0.05, 0) is 40.8 Å². The summed E-state index contributed by atoms with van der Waals surface area (Å²) in [5.74, 6) is -0.822. The second kappa shape index (κ2) is 11.9. The molecule has 2 unspecified atom stereocenters. The number of carbonyl (C=O) groups is 2. The number of nitrogens with zero attached hydrogens (tertiary/aromatic N) is 1. The van der Waals surface area contributed by atoms with Crippen LogP contribution in [0.2, 0.25) is 5.02 Å². The summed E-state index contributed by atoms with van der Waals surface area (Å²) in [6, 6.07) is 19.2. The Hall–Kier alpha value is -2.93. The van der Waals surface area contributed by atoms with E-state index in [9.17, 15) is 14.0 Å². The van der Waals surface area contributed by atoms with Gasteiger partial charge in [0, 0.05) is 40.8 Å². The van der Waals surface area contributed by atoms with E-state index in [1.807, 2.05) is 51.1 Å². The number of ether oxygens (including phenoxy) is 1. The summed E-state index contributed by atoms with van der Waals surface area (Å²) in [7, 11) is 0. The first kappa shape index (κ1) is 28.1. The van der Waals surface area contributed by atoms with Crippen LogP contribution in [-0.2, 0) is 26.8 Å². The zero-order valence-electron chi connectivity index (χ0n) is 21.6. The van der Waals surface area contributed by atoms with Crippen LogP contribution >= 0.6 is 23.2 Å². The Kier molecular flexibility index (Phi) is 8.76. The molecule has 0 aliphatic carbocycles. The van der Waals surface area contributed by atoms with Gasteiger partial charge >= 0.3 is 0 Å². The van der Waals surface area contributed by atoms with Crippen molar-refractivity contribution >= 4 is 40.7 Å². The van der Waals surface area contributed by atoms with Crippen LogP contribution in [0.25, 0.3) is 0 Å². The number of nitrogens with one attached hydrogen (secondary N) is 1. The lowest BCUT2D eigenvalue weighted by atomic mass is 9.94. The van der Waals surface area contributed by atoms with Crippen LogP contribution in [0.4, 0.5) is 10.1 Å². The molecule has 8 heteroatoms. The molecular weight excluding hydrogens is 526 g/mol. The van der Waals surface area contributed by atoms with Gasteiger partial charge in [-0.25, -0.2) is 4.39 Å². The molecule has 1 heterocycles. The highest BCUT2D eigenvalue weighted by Crippen LogP contribution is 2.41. The molecule has 200 valence electrons. The second-order valence-electron chi connectivity index (χ2n) is 10.6. The van der Waals surface area contributed by atoms with Gasteiger partial charge in [-0.3, -0.25) is 9.59 Å². The third-order valence-corrected chi connectivity index (χ3v) is 6.79. The number of carbonyl (C=O) groups excluding carboxylic acids is 2. The van der Waals surface area contributed by atoms with Crippen LogP contribution in [-0.4, -0.2) is 24.5 Å². The summed E-state index contributed by atoms with van der Waals surface area (Å²) in [6.45, 7) is 6.54. The molecule has 3 aromatic carbocycles. The maximum Gasteiger partial charge on any atom is 0.256 e. The second-order valence-corrected chi connectivity index (χ2v) is 11.3. The molecule has 1 aliphatic rings. The van der Waals surface area contributed by atoms with E-state index in [0.717, 1.165) is 16.7 Å². The first-order chi connectivity index (χ1) is 18.1. The minimum atomic E-state index is -1.08. The number of benzene rings is 3. The molecule has 3 aromatic rings. The van der Waals surface area contributed by atoms with Crippen molar-refractivity contribution < 1.29 is 18.7 Å². The maximum atomic E-state index is 14.1. The van der Waals surface area contributed by atoms with Gasteiger partial charge in [0.2, 0.25) is 5.91 Å². The number of fused-ring (bicyclic) bond motifs is 1. The van der Waals surface area contributed by atoms with E-state index in [0.29, 0.717) is 28.7 Å². The van der Waals surface area contributed by atoms with Crippen molar-refractivity contribution in [3.05, 3.63) is 99.8 Å². The minimum absolute atomic E-state index is 0.00908. The van der Waals surface area contributed by atoms with E-state index in [-0.39, 0.29) is 24.3 Å². The smallest absolute Gasteiger partial charge is 0.256 e. The summed E-state index contributed by atoms with van der Waals surface area (Å²) >= 11 is 12.5. The average Bonchev–Trinajstić information content (AvgIpc) is 2.98. The lowest BCUT2D eigenvalue weighted by Gasteiger charge is -2.31. The summed E-state index contributed by atoms with van der Waals surface area (Å²) in [4.78, 5) is 28.6. The van der Waals surface area contributed by atoms with Crippen molar-refractivity contribution in [3.63, 3.8) is 0 Å². The Balaban J connectivity index is 1.70. The topological polar surface area (TPSA) is 58.6 Å². The van der Waals surface area contributed by atoms with E-state index in [2.05, 4.69) is 5.32 Å². The molecule has 0 fully saturated rings. The third kappa shape index (κ3) is 6.73. The van der Waals surface area contributed by atoms with Crippen molar-refractivity contribution in [2.75, 3.05) is 11.4 Å². The minimum Gasteiger partial charge on any atom is -0.355 e. The van der Waals surface area contributed by atoms with E-state index in [1.165, 1.54) is 6.07 Å². The van der Waals surface area contributed by atoms with Gasteiger partial charge in [0.1, 0.15) is 18.0 Å². The Labute approximate surface area is 232 Å². The highest BCUT2D eigenvalue weighted by atomic mass is 35.5. The van der Waals surface area contributed by atoms with Crippen LogP contribution in [0.3, 0.4) is 0 Å². The molecule has 0 spiro atoms. The van der Waals surface area contributed by atoms with Gasteiger partial charge in [0.05, 0.1) is 6.42 Å². The molecule has 38 heavy (non-hydrogen) atoms. The molecule has 0 bridgehead atoms. The van der Waals surface area contributed by atoms with Gasteiger partial charge in [-0.15, -0.1) is 11.6 Å². The van der Waals surface area contributed by atoms with Crippen molar-refractivity contribution in [2.24, 2.45) is 5.41 Å². The number of hydrogen-bond acceptors (Lipinski definition) is 3. The first-order valence-corrected chi connectivity index (χ1v) is 13.4. The van der Waals surface area contributed by atoms with E-state index >= 15 is 0 Å². The lowest BCUT2D eigenvalue weighted by Crippen LogP contribution is -2.45. The van der Waals surface area contributed by atoms with Crippen LogP contribution < -0.4 is 10.2 Å². The van der Waals surface area contributed by atoms with Crippen LogP contribution in [0.5, 0.6) is 0 Å². The molecule has 5 nitrogen and oxygen atoms in total. The summed E-state index contributed by atoms with van der Waals surface area (Å²) in [5.41, 5.74) is 3.25. The van der Waals surface area contributed by atoms with Crippen molar-refractivity contribution in [3.8, 4) is 0 Å². The molecule has 0 radical (unpaired) electrons. The maximum absolute atomic E-state index is 14.1. The average molecular weight is 557 g/mol. The van der Waals surface area contributed by atoms with Gasteiger partial charge in [-0.2, -0.15) is 0 Å². The van der Waals surface area contributed by atoms with Crippen LogP contribution in [0, 0.1) is 11.2 Å². The Bertz CT molecular complexity index is 1320. The largest absolute Gasteiger partial charge is 0.355 e. The normalized spacial score (nSPS) is 17.6. The third-order valence-electron chi connectivity index (χ3n) is 6.25. The van der Waals surface area contributed by atoms with Crippen molar-refractivity contribution in [2.45, 2.75) is 51.8 Å². The molecule has 1 aliphatic heterocycles. The Morgan fingerprint density at radius 1 is 1.08 bits per heavy atom. The molecule has 4 rings (SSSR count). The van der Waals surface area contributed by atoms with Gasteiger partial charge in [0.15, 0.2) is 0 Å². The van der Waals surface area contributed by atoms with E-state index < -0.39 is 23.9 Å². The predicted molar refractivity (Wildman–Crippen MR) is 149 cm³/mol. The number of hydrogen-bond donors (Lipinski definition) is 1. The fourth-order valence-electron chi connectivity index (χ4n) is 4.52. The summed E-state index contributed by atoms with van der Waals surface area (Å²) in [6.07, 6.45) is -1.96. The number of halogens is 3.